The van der Waals surface area contributed by atoms with E-state index in [9.17, 15) is 5.11 Å². The molecule has 1 saturated heterocycles. The van der Waals surface area contributed by atoms with Crippen LogP contribution in [0, 0.1) is 0 Å². The molecule has 1 fully saturated rings. The van der Waals surface area contributed by atoms with E-state index in [1.807, 2.05) is 12.1 Å². The molecule has 1 heterocycles. The average Bonchev–Trinajstić information content (AvgIpc) is 2.40. The lowest BCUT2D eigenvalue weighted by molar-refractivity contribution is -0.0155. The van der Waals surface area contributed by atoms with Gasteiger partial charge in [0.25, 0.3) is 0 Å². The number of aliphatic hydroxyl groups excluding tert-OH is 1. The van der Waals surface area contributed by atoms with Crippen LogP contribution < -0.4 is 0 Å². The van der Waals surface area contributed by atoms with Crippen LogP contribution in [0.5, 0.6) is 0 Å². The fourth-order valence-electron chi connectivity index (χ4n) is 2.62. The Labute approximate surface area is 110 Å². The van der Waals surface area contributed by atoms with E-state index in [2.05, 4.69) is 19.1 Å². The molecule has 18 heavy (non-hydrogen) atoms. The number of aliphatic hydroxyl groups is 1. The SMILES string of the molecule is CCCc1cccc(C(O)CC2CCCCO2)c1. The fraction of sp³-hybridized carbons (Fsp3) is 0.625. The van der Waals surface area contributed by atoms with Crippen molar-refractivity contribution in [2.24, 2.45) is 0 Å². The minimum Gasteiger partial charge on any atom is -0.388 e. The summed E-state index contributed by atoms with van der Waals surface area (Å²) >= 11 is 0. The molecule has 0 aromatic heterocycles. The maximum absolute atomic E-state index is 10.3. The zero-order valence-corrected chi connectivity index (χ0v) is 11.3. The third-order valence-electron chi connectivity index (χ3n) is 3.63. The monoisotopic (exact) mass is 248 g/mol. The van der Waals surface area contributed by atoms with Crippen molar-refractivity contribution in [3.63, 3.8) is 0 Å². The van der Waals surface area contributed by atoms with E-state index in [-0.39, 0.29) is 12.2 Å². The lowest BCUT2D eigenvalue weighted by Crippen LogP contribution is -2.21. The van der Waals surface area contributed by atoms with E-state index in [4.69, 9.17) is 4.74 Å². The minimum absolute atomic E-state index is 0.239. The summed E-state index contributed by atoms with van der Waals surface area (Å²) in [6.07, 6.45) is 6.30. The van der Waals surface area contributed by atoms with Crippen LogP contribution in [0.4, 0.5) is 0 Å². The van der Waals surface area contributed by atoms with Gasteiger partial charge in [0.1, 0.15) is 0 Å². The van der Waals surface area contributed by atoms with Gasteiger partial charge in [-0.05, 0) is 36.8 Å². The van der Waals surface area contributed by atoms with Crippen molar-refractivity contribution < 1.29 is 9.84 Å². The third-order valence-corrected chi connectivity index (χ3v) is 3.63. The van der Waals surface area contributed by atoms with Gasteiger partial charge in [0.15, 0.2) is 0 Å². The second kappa shape index (κ2) is 6.91. The maximum Gasteiger partial charge on any atom is 0.0814 e. The van der Waals surface area contributed by atoms with Crippen LogP contribution in [-0.4, -0.2) is 17.8 Å². The Balaban J connectivity index is 1.94. The Morgan fingerprint density at radius 3 is 3.00 bits per heavy atom. The van der Waals surface area contributed by atoms with Gasteiger partial charge in [0.05, 0.1) is 12.2 Å². The standard InChI is InChI=1S/C16H24O2/c1-2-6-13-7-5-8-14(11-13)16(17)12-15-9-3-4-10-18-15/h5,7-8,11,15-17H,2-4,6,9-10,12H2,1H3. The van der Waals surface area contributed by atoms with Gasteiger partial charge in [-0.15, -0.1) is 0 Å². The second-order valence-electron chi connectivity index (χ2n) is 5.24. The summed E-state index contributed by atoms with van der Waals surface area (Å²) in [5.74, 6) is 0. The highest BCUT2D eigenvalue weighted by Crippen LogP contribution is 2.25. The highest BCUT2D eigenvalue weighted by Gasteiger charge is 2.19. The van der Waals surface area contributed by atoms with Crippen molar-refractivity contribution in [2.75, 3.05) is 6.61 Å². The first kappa shape index (κ1) is 13.6. The molecule has 0 amide bonds. The molecule has 2 atom stereocenters. The third kappa shape index (κ3) is 3.82. The Morgan fingerprint density at radius 1 is 1.39 bits per heavy atom. The Bertz CT molecular complexity index is 356. The van der Waals surface area contributed by atoms with Crippen molar-refractivity contribution in [2.45, 2.75) is 57.7 Å². The molecule has 0 bridgehead atoms. The maximum atomic E-state index is 10.3. The molecule has 0 spiro atoms. The summed E-state index contributed by atoms with van der Waals surface area (Å²) in [6, 6.07) is 8.34. The molecule has 0 radical (unpaired) electrons. The van der Waals surface area contributed by atoms with Crippen LogP contribution in [0.2, 0.25) is 0 Å². The van der Waals surface area contributed by atoms with Gasteiger partial charge in [-0.2, -0.15) is 0 Å². The number of ether oxygens (including phenoxy) is 1. The van der Waals surface area contributed by atoms with Gasteiger partial charge in [0.2, 0.25) is 0 Å². The average molecular weight is 248 g/mol. The number of aryl methyl sites for hydroxylation is 1. The normalized spacial score (nSPS) is 21.8. The summed E-state index contributed by atoms with van der Waals surface area (Å²) in [6.45, 7) is 3.03. The van der Waals surface area contributed by atoms with Crippen molar-refractivity contribution in [1.82, 2.24) is 0 Å². The molecule has 2 rings (SSSR count). The van der Waals surface area contributed by atoms with E-state index in [1.165, 1.54) is 18.4 Å². The molecule has 1 aromatic carbocycles. The number of benzene rings is 1. The van der Waals surface area contributed by atoms with E-state index in [0.717, 1.165) is 37.9 Å². The molecule has 100 valence electrons. The highest BCUT2D eigenvalue weighted by molar-refractivity contribution is 5.25. The van der Waals surface area contributed by atoms with Crippen LogP contribution in [0.1, 0.15) is 56.3 Å². The largest absolute Gasteiger partial charge is 0.388 e. The summed E-state index contributed by atoms with van der Waals surface area (Å²) in [4.78, 5) is 0. The quantitative estimate of drug-likeness (QED) is 0.862. The van der Waals surface area contributed by atoms with Crippen molar-refractivity contribution >= 4 is 0 Å². The van der Waals surface area contributed by atoms with E-state index in [1.54, 1.807) is 0 Å². The molecule has 1 N–H and O–H groups in total. The summed E-state index contributed by atoms with van der Waals surface area (Å²) in [5, 5.41) is 10.3. The lowest BCUT2D eigenvalue weighted by Gasteiger charge is -2.25. The van der Waals surface area contributed by atoms with Crippen molar-refractivity contribution in [3.05, 3.63) is 35.4 Å². The van der Waals surface area contributed by atoms with E-state index < -0.39 is 0 Å². The summed E-state index contributed by atoms with van der Waals surface area (Å²) in [7, 11) is 0. The number of hydrogen-bond acceptors (Lipinski definition) is 2. The van der Waals surface area contributed by atoms with Crippen LogP contribution >= 0.6 is 0 Å². The second-order valence-corrected chi connectivity index (χ2v) is 5.24. The molecule has 2 heteroatoms. The van der Waals surface area contributed by atoms with Gasteiger partial charge in [-0.25, -0.2) is 0 Å². The zero-order valence-electron chi connectivity index (χ0n) is 11.3. The molecule has 0 saturated carbocycles. The molecular weight excluding hydrogens is 224 g/mol. The molecule has 2 unspecified atom stereocenters. The first-order valence-corrected chi connectivity index (χ1v) is 7.18. The molecular formula is C16H24O2. The van der Waals surface area contributed by atoms with Gasteiger partial charge in [-0.3, -0.25) is 0 Å². The molecule has 1 aliphatic heterocycles. The van der Waals surface area contributed by atoms with Crippen molar-refractivity contribution in [3.8, 4) is 0 Å². The summed E-state index contributed by atoms with van der Waals surface area (Å²) in [5.41, 5.74) is 2.36. The topological polar surface area (TPSA) is 29.5 Å². The van der Waals surface area contributed by atoms with Gasteiger partial charge in [0, 0.05) is 13.0 Å². The predicted octanol–water partition coefficient (Wildman–Crippen LogP) is 3.63. The van der Waals surface area contributed by atoms with E-state index in [0.29, 0.717) is 0 Å². The Kier molecular flexibility index (Phi) is 5.21. The first-order chi connectivity index (χ1) is 8.79. The highest BCUT2D eigenvalue weighted by atomic mass is 16.5. The van der Waals surface area contributed by atoms with E-state index >= 15 is 0 Å². The van der Waals surface area contributed by atoms with Crippen LogP contribution in [0.15, 0.2) is 24.3 Å². The predicted molar refractivity (Wildman–Crippen MR) is 73.6 cm³/mol. The summed E-state index contributed by atoms with van der Waals surface area (Å²) < 4.78 is 5.69. The molecule has 2 nitrogen and oxygen atoms in total. The zero-order chi connectivity index (χ0) is 12.8. The van der Waals surface area contributed by atoms with Crippen LogP contribution in [-0.2, 0) is 11.2 Å². The fourth-order valence-corrected chi connectivity index (χ4v) is 2.62. The van der Waals surface area contributed by atoms with Gasteiger partial charge in [-0.1, -0.05) is 37.6 Å². The Morgan fingerprint density at radius 2 is 2.28 bits per heavy atom. The lowest BCUT2D eigenvalue weighted by atomic mass is 9.97. The van der Waals surface area contributed by atoms with Crippen LogP contribution in [0.3, 0.4) is 0 Å². The molecule has 1 aromatic rings. The number of rotatable bonds is 5. The minimum atomic E-state index is -0.384. The molecule has 1 aliphatic rings. The van der Waals surface area contributed by atoms with Gasteiger partial charge < -0.3 is 9.84 Å². The first-order valence-electron chi connectivity index (χ1n) is 7.18. The smallest absolute Gasteiger partial charge is 0.0814 e. The Hall–Kier alpha value is -0.860. The number of hydrogen-bond donors (Lipinski definition) is 1. The van der Waals surface area contributed by atoms with Crippen molar-refractivity contribution in [1.29, 1.82) is 0 Å². The van der Waals surface area contributed by atoms with Gasteiger partial charge >= 0.3 is 0 Å². The molecule has 0 aliphatic carbocycles. The van der Waals surface area contributed by atoms with Crippen LogP contribution in [0.25, 0.3) is 0 Å².